The number of rotatable bonds is 3. The zero-order valence-corrected chi connectivity index (χ0v) is 8.27. The smallest absolute Gasteiger partial charge is 0.0955 e. The maximum Gasteiger partial charge on any atom is 0.0955 e. The van der Waals surface area contributed by atoms with Crippen LogP contribution in [0.15, 0.2) is 24.5 Å². The van der Waals surface area contributed by atoms with Gasteiger partial charge in [-0.25, -0.2) is 4.98 Å². The highest BCUT2D eigenvalue weighted by molar-refractivity contribution is 5.78. The van der Waals surface area contributed by atoms with Crippen LogP contribution in [0.3, 0.4) is 0 Å². The number of aryl methyl sites for hydroxylation is 2. The molecule has 3 nitrogen and oxygen atoms in total. The molecule has 3 heteroatoms. The van der Waals surface area contributed by atoms with Crippen LogP contribution in [0.5, 0.6) is 0 Å². The van der Waals surface area contributed by atoms with Gasteiger partial charge in [-0.1, -0.05) is 12.1 Å². The number of aromatic nitrogens is 2. The molecule has 2 rings (SSSR count). The van der Waals surface area contributed by atoms with Crippen LogP contribution in [0.2, 0.25) is 0 Å². The molecule has 0 bridgehead atoms. The molecule has 0 atom stereocenters. The predicted octanol–water partition coefficient (Wildman–Crippen LogP) is 1.50. The number of imidazole rings is 1. The van der Waals surface area contributed by atoms with Crippen molar-refractivity contribution in [2.24, 2.45) is 7.05 Å². The Kier molecular flexibility index (Phi) is 2.50. The number of para-hydroxylation sites is 1. The van der Waals surface area contributed by atoms with Crippen molar-refractivity contribution in [3.8, 4) is 0 Å². The van der Waals surface area contributed by atoms with E-state index in [1.807, 2.05) is 30.1 Å². The van der Waals surface area contributed by atoms with Gasteiger partial charge in [-0.05, 0) is 24.5 Å². The summed E-state index contributed by atoms with van der Waals surface area (Å²) < 4.78 is 2.03. The fourth-order valence-electron chi connectivity index (χ4n) is 1.77. The molecule has 1 aromatic heterocycles. The van der Waals surface area contributed by atoms with Gasteiger partial charge in [-0.3, -0.25) is 0 Å². The summed E-state index contributed by atoms with van der Waals surface area (Å²) in [7, 11) is 2.00. The Hall–Kier alpha value is -1.35. The quantitative estimate of drug-likeness (QED) is 0.796. The second-order valence-electron chi connectivity index (χ2n) is 3.47. The van der Waals surface area contributed by atoms with Crippen LogP contribution in [-0.4, -0.2) is 21.3 Å². The van der Waals surface area contributed by atoms with E-state index in [0.29, 0.717) is 0 Å². The number of aliphatic hydroxyl groups is 1. The first-order valence-corrected chi connectivity index (χ1v) is 4.82. The third-order valence-corrected chi connectivity index (χ3v) is 2.43. The predicted molar refractivity (Wildman–Crippen MR) is 56.1 cm³/mol. The van der Waals surface area contributed by atoms with E-state index in [1.54, 1.807) is 0 Å². The maximum absolute atomic E-state index is 8.80. The summed E-state index contributed by atoms with van der Waals surface area (Å²) in [6.45, 7) is 0.244. The van der Waals surface area contributed by atoms with E-state index < -0.39 is 0 Å². The molecule has 0 fully saturated rings. The Bertz CT molecular complexity index is 434. The van der Waals surface area contributed by atoms with Crippen LogP contribution in [0.25, 0.3) is 11.0 Å². The first-order valence-electron chi connectivity index (χ1n) is 4.82. The summed E-state index contributed by atoms with van der Waals surface area (Å²) in [6, 6.07) is 6.12. The van der Waals surface area contributed by atoms with Crippen LogP contribution in [-0.2, 0) is 13.5 Å². The molecule has 2 aromatic rings. The van der Waals surface area contributed by atoms with E-state index >= 15 is 0 Å². The number of hydrogen-bond acceptors (Lipinski definition) is 2. The standard InChI is InChI=1S/C11H14N2O/c1-13-8-12-10-6-2-4-9(11(10)13)5-3-7-14/h2,4,6,8,14H,3,5,7H2,1H3. The van der Waals surface area contributed by atoms with E-state index in [1.165, 1.54) is 11.1 Å². The molecule has 1 aromatic carbocycles. The molecule has 0 amide bonds. The number of fused-ring (bicyclic) bond motifs is 1. The van der Waals surface area contributed by atoms with E-state index in [9.17, 15) is 0 Å². The van der Waals surface area contributed by atoms with Gasteiger partial charge in [0.05, 0.1) is 17.4 Å². The van der Waals surface area contributed by atoms with Crippen molar-refractivity contribution in [1.82, 2.24) is 9.55 Å². The molecule has 0 radical (unpaired) electrons. The first kappa shape index (κ1) is 9.21. The molecule has 0 saturated carbocycles. The second-order valence-corrected chi connectivity index (χ2v) is 3.47. The Morgan fingerprint density at radius 1 is 1.43 bits per heavy atom. The van der Waals surface area contributed by atoms with Gasteiger partial charge in [0.2, 0.25) is 0 Å². The number of aliphatic hydroxyl groups excluding tert-OH is 1. The molecule has 1 heterocycles. The van der Waals surface area contributed by atoms with Crippen molar-refractivity contribution in [3.05, 3.63) is 30.1 Å². The van der Waals surface area contributed by atoms with Gasteiger partial charge >= 0.3 is 0 Å². The minimum absolute atomic E-state index is 0.244. The molecule has 0 unspecified atom stereocenters. The Morgan fingerprint density at radius 3 is 3.07 bits per heavy atom. The van der Waals surface area contributed by atoms with Gasteiger partial charge < -0.3 is 9.67 Å². The summed E-state index contributed by atoms with van der Waals surface area (Å²) in [5.41, 5.74) is 3.47. The minimum atomic E-state index is 0.244. The highest BCUT2D eigenvalue weighted by Gasteiger charge is 2.04. The van der Waals surface area contributed by atoms with Gasteiger partial charge in [-0.15, -0.1) is 0 Å². The monoisotopic (exact) mass is 190 g/mol. The fraction of sp³-hybridized carbons (Fsp3) is 0.364. The molecule has 0 spiro atoms. The lowest BCUT2D eigenvalue weighted by molar-refractivity contribution is 0.288. The number of hydrogen-bond donors (Lipinski definition) is 1. The molecule has 14 heavy (non-hydrogen) atoms. The van der Waals surface area contributed by atoms with Gasteiger partial charge in [-0.2, -0.15) is 0 Å². The second kappa shape index (κ2) is 3.80. The average Bonchev–Trinajstić information content (AvgIpc) is 2.58. The summed E-state index contributed by atoms with van der Waals surface area (Å²) in [5, 5.41) is 8.80. The van der Waals surface area contributed by atoms with Gasteiger partial charge in [0, 0.05) is 13.7 Å². The maximum atomic E-state index is 8.80. The topological polar surface area (TPSA) is 38.0 Å². The van der Waals surface area contributed by atoms with Crippen molar-refractivity contribution in [2.45, 2.75) is 12.8 Å². The molecule has 1 N–H and O–H groups in total. The van der Waals surface area contributed by atoms with Crippen molar-refractivity contribution in [1.29, 1.82) is 0 Å². The van der Waals surface area contributed by atoms with E-state index in [-0.39, 0.29) is 6.61 Å². The highest BCUT2D eigenvalue weighted by atomic mass is 16.2. The van der Waals surface area contributed by atoms with Crippen molar-refractivity contribution >= 4 is 11.0 Å². The lowest BCUT2D eigenvalue weighted by atomic mass is 10.1. The molecule has 0 aliphatic heterocycles. The Labute approximate surface area is 83.0 Å². The van der Waals surface area contributed by atoms with E-state index in [0.717, 1.165) is 18.4 Å². The molecule has 0 saturated heterocycles. The fourth-order valence-corrected chi connectivity index (χ4v) is 1.77. The number of nitrogens with zero attached hydrogens (tertiary/aromatic N) is 2. The van der Waals surface area contributed by atoms with Crippen LogP contribution in [0, 0.1) is 0 Å². The average molecular weight is 190 g/mol. The van der Waals surface area contributed by atoms with Gasteiger partial charge in [0.25, 0.3) is 0 Å². The van der Waals surface area contributed by atoms with E-state index in [2.05, 4.69) is 11.1 Å². The summed E-state index contributed by atoms with van der Waals surface area (Å²) in [4.78, 5) is 4.29. The van der Waals surface area contributed by atoms with Crippen molar-refractivity contribution in [2.75, 3.05) is 6.61 Å². The SMILES string of the molecule is Cn1cnc2cccc(CCCO)c21. The lowest BCUT2D eigenvalue weighted by Gasteiger charge is -2.03. The van der Waals surface area contributed by atoms with E-state index in [4.69, 9.17) is 5.11 Å². The summed E-state index contributed by atoms with van der Waals surface area (Å²) in [5.74, 6) is 0. The van der Waals surface area contributed by atoms with Gasteiger partial charge in [0.15, 0.2) is 0 Å². The summed E-state index contributed by atoms with van der Waals surface area (Å²) in [6.07, 6.45) is 3.55. The Balaban J connectivity index is 2.46. The Morgan fingerprint density at radius 2 is 2.29 bits per heavy atom. The van der Waals surface area contributed by atoms with Crippen LogP contribution in [0.4, 0.5) is 0 Å². The normalized spacial score (nSPS) is 11.0. The van der Waals surface area contributed by atoms with Gasteiger partial charge in [0.1, 0.15) is 0 Å². The molecule has 0 aliphatic carbocycles. The third-order valence-electron chi connectivity index (χ3n) is 2.43. The lowest BCUT2D eigenvalue weighted by Crippen LogP contribution is -1.94. The molecular weight excluding hydrogens is 176 g/mol. The largest absolute Gasteiger partial charge is 0.396 e. The van der Waals surface area contributed by atoms with Crippen molar-refractivity contribution < 1.29 is 5.11 Å². The van der Waals surface area contributed by atoms with Crippen LogP contribution >= 0.6 is 0 Å². The molecule has 0 aliphatic rings. The minimum Gasteiger partial charge on any atom is -0.396 e. The molecular formula is C11H14N2O. The van der Waals surface area contributed by atoms with Crippen LogP contribution in [0.1, 0.15) is 12.0 Å². The zero-order chi connectivity index (χ0) is 9.97. The number of benzene rings is 1. The third kappa shape index (κ3) is 1.51. The first-order chi connectivity index (χ1) is 6.83. The molecule has 74 valence electrons. The zero-order valence-electron chi connectivity index (χ0n) is 8.27. The van der Waals surface area contributed by atoms with Crippen molar-refractivity contribution in [3.63, 3.8) is 0 Å². The highest BCUT2D eigenvalue weighted by Crippen LogP contribution is 2.17. The summed E-state index contributed by atoms with van der Waals surface area (Å²) >= 11 is 0. The van der Waals surface area contributed by atoms with Crippen LogP contribution < -0.4 is 0 Å².